The number of anilines is 1. The van der Waals surface area contributed by atoms with Crippen molar-refractivity contribution in [2.75, 3.05) is 12.8 Å². The average molecular weight is 275 g/mol. The Labute approximate surface area is 118 Å². The van der Waals surface area contributed by atoms with E-state index in [2.05, 4.69) is 4.98 Å². The van der Waals surface area contributed by atoms with E-state index in [-0.39, 0.29) is 17.9 Å². The molecule has 0 aliphatic rings. The van der Waals surface area contributed by atoms with Gasteiger partial charge in [-0.2, -0.15) is 0 Å². The van der Waals surface area contributed by atoms with Gasteiger partial charge >= 0.3 is 5.97 Å². The van der Waals surface area contributed by atoms with Crippen LogP contribution in [0.3, 0.4) is 0 Å². The number of nitrogens with zero attached hydrogens (tertiary/aromatic N) is 2. The second-order valence-electron chi connectivity index (χ2n) is 5.21. The quantitative estimate of drug-likeness (QED) is 0.687. The van der Waals surface area contributed by atoms with E-state index >= 15 is 0 Å². The van der Waals surface area contributed by atoms with Crippen LogP contribution in [0.4, 0.5) is 5.69 Å². The van der Waals surface area contributed by atoms with Gasteiger partial charge in [-0.3, -0.25) is 0 Å². The first-order valence-electron chi connectivity index (χ1n) is 6.83. The Morgan fingerprint density at radius 3 is 2.70 bits per heavy atom. The van der Waals surface area contributed by atoms with E-state index in [9.17, 15) is 4.79 Å². The summed E-state index contributed by atoms with van der Waals surface area (Å²) in [6, 6.07) is 5.20. The third kappa shape index (κ3) is 2.35. The first-order valence-corrected chi connectivity index (χ1v) is 6.83. The van der Waals surface area contributed by atoms with Gasteiger partial charge in [-0.05, 0) is 24.1 Å². The van der Waals surface area contributed by atoms with Crippen molar-refractivity contribution in [2.24, 2.45) is 5.92 Å². The maximum Gasteiger partial charge on any atom is 0.329 e. The van der Waals surface area contributed by atoms with Gasteiger partial charge in [0, 0.05) is 12.1 Å². The van der Waals surface area contributed by atoms with Gasteiger partial charge in [-0.15, -0.1) is 0 Å². The Morgan fingerprint density at radius 2 is 2.15 bits per heavy atom. The van der Waals surface area contributed by atoms with Gasteiger partial charge in [-0.1, -0.05) is 20.8 Å². The van der Waals surface area contributed by atoms with E-state index < -0.39 is 0 Å². The van der Waals surface area contributed by atoms with Crippen molar-refractivity contribution in [3.63, 3.8) is 0 Å². The van der Waals surface area contributed by atoms with Crippen LogP contribution in [-0.4, -0.2) is 22.6 Å². The molecule has 0 radical (unpaired) electrons. The van der Waals surface area contributed by atoms with Crippen LogP contribution < -0.4 is 5.73 Å². The molecule has 20 heavy (non-hydrogen) atoms. The highest BCUT2D eigenvalue weighted by molar-refractivity contribution is 5.83. The fourth-order valence-electron chi connectivity index (χ4n) is 2.52. The number of benzene rings is 1. The van der Waals surface area contributed by atoms with Crippen molar-refractivity contribution in [2.45, 2.75) is 33.2 Å². The fourth-order valence-corrected chi connectivity index (χ4v) is 2.52. The van der Waals surface area contributed by atoms with Crippen molar-refractivity contribution in [1.82, 2.24) is 9.55 Å². The fraction of sp³-hybridized carbons (Fsp3) is 0.467. The normalized spacial score (nSPS) is 12.8. The highest BCUT2D eigenvalue weighted by atomic mass is 16.5. The first-order chi connectivity index (χ1) is 9.49. The maximum absolute atomic E-state index is 12.1. The van der Waals surface area contributed by atoms with Crippen molar-refractivity contribution in [3.8, 4) is 0 Å². The molecular formula is C15H21N3O2. The Kier molecular flexibility index (Phi) is 3.97. The molecule has 0 aliphatic carbocycles. The second kappa shape index (κ2) is 5.53. The Balaban J connectivity index is 2.69. The molecule has 1 aromatic heterocycles. The summed E-state index contributed by atoms with van der Waals surface area (Å²) in [5.74, 6) is 0.739. The molecule has 0 fully saturated rings. The number of nitrogen functional groups attached to an aromatic ring is 1. The van der Waals surface area contributed by atoms with E-state index in [0.717, 1.165) is 23.3 Å². The summed E-state index contributed by atoms with van der Waals surface area (Å²) in [5.41, 5.74) is 8.21. The van der Waals surface area contributed by atoms with Crippen molar-refractivity contribution < 1.29 is 9.53 Å². The van der Waals surface area contributed by atoms with Crippen LogP contribution in [0.2, 0.25) is 0 Å². The molecule has 1 unspecified atom stereocenters. The molecule has 2 rings (SSSR count). The summed E-state index contributed by atoms with van der Waals surface area (Å²) in [6.07, 6.45) is 0.745. The zero-order valence-electron chi connectivity index (χ0n) is 12.4. The van der Waals surface area contributed by atoms with Gasteiger partial charge < -0.3 is 15.0 Å². The molecule has 5 heteroatoms. The van der Waals surface area contributed by atoms with Crippen LogP contribution >= 0.6 is 0 Å². The van der Waals surface area contributed by atoms with E-state index in [1.54, 1.807) is 0 Å². The smallest absolute Gasteiger partial charge is 0.329 e. The number of ether oxygens (including phenoxy) is 1. The van der Waals surface area contributed by atoms with Gasteiger partial charge in [0.05, 0.1) is 18.1 Å². The zero-order valence-corrected chi connectivity index (χ0v) is 12.4. The van der Waals surface area contributed by atoms with Crippen molar-refractivity contribution >= 4 is 22.7 Å². The lowest BCUT2D eigenvalue weighted by atomic mass is 10.0. The average Bonchev–Trinajstić information content (AvgIpc) is 2.76. The van der Waals surface area contributed by atoms with Crippen molar-refractivity contribution in [1.29, 1.82) is 0 Å². The van der Waals surface area contributed by atoms with Crippen LogP contribution in [0, 0.1) is 5.92 Å². The van der Waals surface area contributed by atoms with Gasteiger partial charge in [-0.25, -0.2) is 9.78 Å². The number of methoxy groups -OCH3 is 1. The number of aryl methyl sites for hydroxylation is 1. The predicted molar refractivity (Wildman–Crippen MR) is 79.4 cm³/mol. The predicted octanol–water partition coefficient (Wildman–Crippen LogP) is 2.55. The molecule has 1 atom stereocenters. The highest BCUT2D eigenvalue weighted by Crippen LogP contribution is 2.28. The Hall–Kier alpha value is -2.04. The molecule has 5 nitrogen and oxygen atoms in total. The summed E-state index contributed by atoms with van der Waals surface area (Å²) in [5, 5.41) is 0. The molecule has 0 amide bonds. The Bertz CT molecular complexity index is 631. The summed E-state index contributed by atoms with van der Waals surface area (Å²) in [4.78, 5) is 16.7. The summed E-state index contributed by atoms with van der Waals surface area (Å²) in [6.45, 7) is 6.03. The lowest BCUT2D eigenvalue weighted by Gasteiger charge is -2.22. The van der Waals surface area contributed by atoms with Gasteiger partial charge in [0.15, 0.2) is 0 Å². The van der Waals surface area contributed by atoms with Gasteiger partial charge in [0.25, 0.3) is 0 Å². The molecule has 2 N–H and O–H groups in total. The number of rotatable bonds is 4. The second-order valence-corrected chi connectivity index (χ2v) is 5.21. The molecule has 0 saturated carbocycles. The van der Waals surface area contributed by atoms with Gasteiger partial charge in [0.2, 0.25) is 0 Å². The number of carbonyl (C=O) groups is 1. The molecule has 0 spiro atoms. The Morgan fingerprint density at radius 1 is 1.45 bits per heavy atom. The SMILES string of the molecule is CCc1nc2cc(N)ccc2n1C(C(=O)OC)C(C)C. The summed E-state index contributed by atoms with van der Waals surface area (Å²) in [7, 11) is 1.42. The van der Waals surface area contributed by atoms with Crippen LogP contribution in [0.1, 0.15) is 32.6 Å². The first kappa shape index (κ1) is 14.4. The number of fused-ring (bicyclic) bond motifs is 1. The van der Waals surface area contributed by atoms with E-state index in [1.807, 2.05) is 43.5 Å². The molecule has 0 bridgehead atoms. The minimum absolute atomic E-state index is 0.114. The number of esters is 1. The van der Waals surface area contributed by atoms with E-state index in [0.29, 0.717) is 5.69 Å². The third-order valence-electron chi connectivity index (χ3n) is 3.46. The monoisotopic (exact) mass is 275 g/mol. The largest absolute Gasteiger partial charge is 0.467 e. The van der Waals surface area contributed by atoms with Crippen LogP contribution in [0.5, 0.6) is 0 Å². The maximum atomic E-state index is 12.1. The zero-order chi connectivity index (χ0) is 14.9. The lowest BCUT2D eigenvalue weighted by Crippen LogP contribution is -2.27. The van der Waals surface area contributed by atoms with E-state index in [1.165, 1.54) is 7.11 Å². The van der Waals surface area contributed by atoms with Crippen LogP contribution in [-0.2, 0) is 16.0 Å². The topological polar surface area (TPSA) is 70.1 Å². The minimum atomic E-state index is -0.372. The molecular weight excluding hydrogens is 254 g/mol. The number of hydrogen-bond acceptors (Lipinski definition) is 4. The summed E-state index contributed by atoms with van der Waals surface area (Å²) >= 11 is 0. The van der Waals surface area contributed by atoms with Crippen molar-refractivity contribution in [3.05, 3.63) is 24.0 Å². The molecule has 1 heterocycles. The number of hydrogen-bond donors (Lipinski definition) is 1. The molecule has 0 aliphatic heterocycles. The van der Waals surface area contributed by atoms with Gasteiger partial charge in [0.1, 0.15) is 11.9 Å². The molecule has 1 aromatic carbocycles. The minimum Gasteiger partial charge on any atom is -0.467 e. The summed E-state index contributed by atoms with van der Waals surface area (Å²) < 4.78 is 6.93. The van der Waals surface area contributed by atoms with Crippen LogP contribution in [0.15, 0.2) is 18.2 Å². The molecule has 0 saturated heterocycles. The standard InChI is InChI=1S/C15H21N3O2/c1-5-13-17-11-8-10(16)6-7-12(11)18(13)14(9(2)3)15(19)20-4/h6-9,14H,5,16H2,1-4H3. The third-order valence-corrected chi connectivity index (χ3v) is 3.46. The lowest BCUT2D eigenvalue weighted by molar-refractivity contribution is -0.145. The molecule has 2 aromatic rings. The van der Waals surface area contributed by atoms with Crippen LogP contribution in [0.25, 0.3) is 11.0 Å². The number of imidazole rings is 1. The molecule has 108 valence electrons. The number of nitrogens with two attached hydrogens (primary N) is 1. The number of carbonyl (C=O) groups excluding carboxylic acids is 1. The number of aromatic nitrogens is 2. The highest BCUT2D eigenvalue weighted by Gasteiger charge is 2.28. The van der Waals surface area contributed by atoms with E-state index in [4.69, 9.17) is 10.5 Å².